The van der Waals surface area contributed by atoms with E-state index in [2.05, 4.69) is 41.0 Å². The van der Waals surface area contributed by atoms with Crippen molar-refractivity contribution in [3.8, 4) is 5.75 Å². The van der Waals surface area contributed by atoms with Gasteiger partial charge >= 0.3 is 0 Å². The van der Waals surface area contributed by atoms with Crippen molar-refractivity contribution >= 4 is 11.5 Å². The minimum Gasteiger partial charge on any atom is -0.491 e. The Balaban J connectivity index is 1.41. The zero-order valence-electron chi connectivity index (χ0n) is 16.8. The number of ketones is 1. The fourth-order valence-electron chi connectivity index (χ4n) is 3.50. The summed E-state index contributed by atoms with van der Waals surface area (Å²) in [7, 11) is 0. The molecular weight excluding hydrogens is 352 g/mol. The molecule has 2 aromatic carbocycles. The Kier molecular flexibility index (Phi) is 7.06. The van der Waals surface area contributed by atoms with Gasteiger partial charge in [0.05, 0.1) is 0 Å². The summed E-state index contributed by atoms with van der Waals surface area (Å²) in [5, 5.41) is 10.3. The molecule has 28 heavy (non-hydrogen) atoms. The van der Waals surface area contributed by atoms with E-state index in [-0.39, 0.29) is 12.4 Å². The zero-order chi connectivity index (χ0) is 19.9. The zero-order valence-corrected chi connectivity index (χ0v) is 16.8. The summed E-state index contributed by atoms with van der Waals surface area (Å²) in [6.45, 7) is 8.61. The highest BCUT2D eigenvalue weighted by Gasteiger charge is 2.20. The number of carbonyl (C=O) groups is 1. The lowest BCUT2D eigenvalue weighted by atomic mass is 10.1. The van der Waals surface area contributed by atoms with Crippen LogP contribution in [0.4, 0.5) is 5.69 Å². The van der Waals surface area contributed by atoms with Gasteiger partial charge in [0.2, 0.25) is 0 Å². The molecule has 0 bridgehead atoms. The van der Waals surface area contributed by atoms with Crippen molar-refractivity contribution < 1.29 is 14.6 Å². The maximum Gasteiger partial charge on any atom is 0.162 e. The number of carbonyl (C=O) groups excluding carboxylic acids is 1. The van der Waals surface area contributed by atoms with Gasteiger partial charge in [-0.1, -0.05) is 19.1 Å². The monoisotopic (exact) mass is 382 g/mol. The highest BCUT2D eigenvalue weighted by atomic mass is 16.5. The first-order valence-corrected chi connectivity index (χ1v) is 10.0. The Morgan fingerprint density at radius 2 is 1.82 bits per heavy atom. The Bertz CT molecular complexity index is 768. The van der Waals surface area contributed by atoms with E-state index >= 15 is 0 Å². The van der Waals surface area contributed by atoms with Crippen molar-refractivity contribution in [3.05, 3.63) is 59.7 Å². The number of Topliss-reactive ketones (excluding diaryl/α,β-unsaturated/α-hetero) is 1. The van der Waals surface area contributed by atoms with Crippen LogP contribution in [0.25, 0.3) is 0 Å². The first-order chi connectivity index (χ1) is 13.5. The predicted molar refractivity (Wildman–Crippen MR) is 112 cm³/mol. The van der Waals surface area contributed by atoms with Gasteiger partial charge in [-0.05, 0) is 48.9 Å². The van der Waals surface area contributed by atoms with Crippen LogP contribution in [0.3, 0.4) is 0 Å². The van der Waals surface area contributed by atoms with E-state index in [0.717, 1.165) is 26.2 Å². The molecule has 1 atom stereocenters. The molecule has 0 unspecified atom stereocenters. The fraction of sp³-hybridized carbons (Fsp3) is 0.435. The first-order valence-electron chi connectivity index (χ1n) is 10.0. The van der Waals surface area contributed by atoms with E-state index in [9.17, 15) is 9.90 Å². The van der Waals surface area contributed by atoms with Crippen molar-refractivity contribution in [1.29, 1.82) is 0 Å². The molecular formula is C23H30N2O3. The first kappa shape index (κ1) is 20.4. The lowest BCUT2D eigenvalue weighted by Crippen LogP contribution is -2.49. The van der Waals surface area contributed by atoms with Crippen molar-refractivity contribution in [2.75, 3.05) is 44.2 Å². The molecule has 0 saturated carbocycles. The van der Waals surface area contributed by atoms with E-state index in [0.29, 0.717) is 24.3 Å². The average molecular weight is 383 g/mol. The van der Waals surface area contributed by atoms with Crippen molar-refractivity contribution in [3.63, 3.8) is 0 Å². The smallest absolute Gasteiger partial charge is 0.162 e. The van der Waals surface area contributed by atoms with Crippen LogP contribution in [0.1, 0.15) is 29.3 Å². The van der Waals surface area contributed by atoms with Crippen LogP contribution >= 0.6 is 0 Å². The maximum atomic E-state index is 11.7. The molecule has 1 N–H and O–H groups in total. The SMILES string of the molecule is CCC(=O)c1ccc(OC[C@H](O)CN2CCN(c3cccc(C)c3)CC2)cc1. The number of rotatable bonds is 8. The second-order valence-electron chi connectivity index (χ2n) is 7.39. The summed E-state index contributed by atoms with van der Waals surface area (Å²) >= 11 is 0. The van der Waals surface area contributed by atoms with Gasteiger partial charge < -0.3 is 14.7 Å². The molecule has 0 amide bonds. The molecule has 1 heterocycles. The molecule has 1 fully saturated rings. The number of hydrogen-bond donors (Lipinski definition) is 1. The maximum absolute atomic E-state index is 11.7. The van der Waals surface area contributed by atoms with Crippen LogP contribution < -0.4 is 9.64 Å². The van der Waals surface area contributed by atoms with Gasteiger partial charge in [0.15, 0.2) is 5.78 Å². The summed E-state index contributed by atoms with van der Waals surface area (Å²) in [5.41, 5.74) is 3.25. The number of piperazine rings is 1. The molecule has 3 rings (SSSR count). The lowest BCUT2D eigenvalue weighted by Gasteiger charge is -2.37. The van der Waals surface area contributed by atoms with E-state index in [1.54, 1.807) is 24.3 Å². The van der Waals surface area contributed by atoms with Crippen LogP contribution in [-0.4, -0.2) is 61.2 Å². The van der Waals surface area contributed by atoms with Gasteiger partial charge in [0.1, 0.15) is 18.5 Å². The molecule has 0 spiro atoms. The summed E-state index contributed by atoms with van der Waals surface area (Å²) in [5.74, 6) is 0.798. The molecule has 2 aromatic rings. The Hall–Kier alpha value is -2.37. The number of anilines is 1. The highest BCUT2D eigenvalue weighted by molar-refractivity contribution is 5.95. The summed E-state index contributed by atoms with van der Waals surface area (Å²) in [6.07, 6.45) is -0.0433. The van der Waals surface area contributed by atoms with Gasteiger partial charge in [-0.25, -0.2) is 0 Å². The van der Waals surface area contributed by atoms with E-state index < -0.39 is 6.10 Å². The molecule has 0 radical (unpaired) electrons. The van der Waals surface area contributed by atoms with Gasteiger partial charge in [-0.15, -0.1) is 0 Å². The molecule has 0 aromatic heterocycles. The van der Waals surface area contributed by atoms with E-state index in [1.165, 1.54) is 11.3 Å². The third-order valence-corrected chi connectivity index (χ3v) is 5.15. The molecule has 150 valence electrons. The Morgan fingerprint density at radius 1 is 1.11 bits per heavy atom. The molecule has 1 aliphatic heterocycles. The second-order valence-corrected chi connectivity index (χ2v) is 7.39. The number of ether oxygens (including phenoxy) is 1. The van der Waals surface area contributed by atoms with Crippen LogP contribution in [0, 0.1) is 6.92 Å². The lowest BCUT2D eigenvalue weighted by molar-refractivity contribution is 0.0663. The fourth-order valence-corrected chi connectivity index (χ4v) is 3.50. The van der Waals surface area contributed by atoms with E-state index in [4.69, 9.17) is 4.74 Å². The number of β-amino-alcohol motifs (C(OH)–C–C–N with tert-alkyl or cyclic N) is 1. The summed E-state index contributed by atoms with van der Waals surface area (Å²) < 4.78 is 5.68. The summed E-state index contributed by atoms with van der Waals surface area (Å²) in [6, 6.07) is 15.7. The van der Waals surface area contributed by atoms with Crippen molar-refractivity contribution in [1.82, 2.24) is 4.90 Å². The number of aliphatic hydroxyl groups is 1. The molecule has 5 nitrogen and oxygen atoms in total. The largest absolute Gasteiger partial charge is 0.491 e. The van der Waals surface area contributed by atoms with Gasteiger partial charge in [-0.3, -0.25) is 9.69 Å². The Morgan fingerprint density at radius 3 is 2.46 bits per heavy atom. The molecule has 1 aliphatic rings. The van der Waals surface area contributed by atoms with Gasteiger partial charge in [0.25, 0.3) is 0 Å². The Labute approximate surface area is 167 Å². The second kappa shape index (κ2) is 9.71. The van der Waals surface area contributed by atoms with Crippen LogP contribution in [0.5, 0.6) is 5.75 Å². The number of nitrogens with zero attached hydrogens (tertiary/aromatic N) is 2. The minimum atomic E-state index is -0.539. The average Bonchev–Trinajstić information content (AvgIpc) is 2.72. The standard InChI is InChI=1S/C23H30N2O3/c1-3-23(27)19-7-9-22(10-8-19)28-17-21(26)16-24-11-13-25(14-12-24)20-6-4-5-18(2)15-20/h4-10,15,21,26H,3,11-14,16-17H2,1-2H3/t21-/m1/s1. The third-order valence-electron chi connectivity index (χ3n) is 5.15. The topological polar surface area (TPSA) is 53.0 Å². The molecule has 1 saturated heterocycles. The van der Waals surface area contributed by atoms with Gasteiger partial charge in [-0.2, -0.15) is 0 Å². The van der Waals surface area contributed by atoms with Crippen molar-refractivity contribution in [2.24, 2.45) is 0 Å². The summed E-state index contributed by atoms with van der Waals surface area (Å²) in [4.78, 5) is 16.3. The van der Waals surface area contributed by atoms with E-state index in [1.807, 2.05) is 6.92 Å². The third kappa shape index (κ3) is 5.57. The van der Waals surface area contributed by atoms with Crippen LogP contribution in [0.15, 0.2) is 48.5 Å². The number of aliphatic hydroxyl groups excluding tert-OH is 1. The van der Waals surface area contributed by atoms with Crippen LogP contribution in [-0.2, 0) is 0 Å². The number of hydrogen-bond acceptors (Lipinski definition) is 5. The normalized spacial score (nSPS) is 16.0. The highest BCUT2D eigenvalue weighted by Crippen LogP contribution is 2.18. The van der Waals surface area contributed by atoms with Gasteiger partial charge in [0, 0.05) is 50.4 Å². The quantitative estimate of drug-likeness (QED) is 0.711. The minimum absolute atomic E-state index is 0.122. The number of benzene rings is 2. The number of aryl methyl sites for hydroxylation is 1. The predicted octanol–water partition coefficient (Wildman–Crippen LogP) is 3.15. The van der Waals surface area contributed by atoms with Crippen LogP contribution in [0.2, 0.25) is 0 Å². The molecule has 5 heteroatoms. The molecule has 0 aliphatic carbocycles. The van der Waals surface area contributed by atoms with Crippen molar-refractivity contribution in [2.45, 2.75) is 26.4 Å².